The zero-order valence-electron chi connectivity index (χ0n) is 33.2. The molecule has 0 bridgehead atoms. The average molecular weight is 846 g/mol. The first-order valence-electron chi connectivity index (χ1n) is 20.0. The molecule has 6 rings (SSSR count). The molecule has 60 heavy (non-hydrogen) atoms. The van der Waals surface area contributed by atoms with E-state index in [9.17, 15) is 36.3 Å². The van der Waals surface area contributed by atoms with Crippen molar-refractivity contribution in [3.63, 3.8) is 0 Å². The van der Waals surface area contributed by atoms with Crippen LogP contribution in [0.1, 0.15) is 90.5 Å². The van der Waals surface area contributed by atoms with Gasteiger partial charge in [-0.2, -0.15) is 8.42 Å². The van der Waals surface area contributed by atoms with Gasteiger partial charge < -0.3 is 35.1 Å². The lowest BCUT2D eigenvalue weighted by Crippen LogP contribution is -2.52. The zero-order chi connectivity index (χ0) is 42.6. The number of benzene rings is 3. The summed E-state index contributed by atoms with van der Waals surface area (Å²) in [5.41, 5.74) is 3.95. The molecule has 5 N–H and O–H groups in total. The van der Waals surface area contributed by atoms with E-state index in [0.717, 1.165) is 92.3 Å². The maximum absolute atomic E-state index is 13.4. The van der Waals surface area contributed by atoms with Crippen molar-refractivity contribution in [3.05, 3.63) is 83.6 Å². The number of para-hydroxylation sites is 1. The topological polar surface area (TPSA) is 214 Å². The van der Waals surface area contributed by atoms with Gasteiger partial charge in [-0.05, 0) is 55.7 Å². The summed E-state index contributed by atoms with van der Waals surface area (Å²) in [6, 6.07) is 16.8. The minimum Gasteiger partial charge on any atom is -0.483 e. The number of piperidine rings is 1. The van der Waals surface area contributed by atoms with Crippen LogP contribution in [0.2, 0.25) is 0 Å². The van der Waals surface area contributed by atoms with Gasteiger partial charge in [0.15, 0.2) is 6.61 Å². The Morgan fingerprint density at radius 3 is 2.33 bits per heavy atom. The first-order chi connectivity index (χ1) is 28.9. The number of fused-ring (bicyclic) bond motifs is 2. The molecule has 0 spiro atoms. The molecular formula is C42H48FN7O9S. The number of ether oxygens (including phenoxy) is 1. The summed E-state index contributed by atoms with van der Waals surface area (Å²) in [5.74, 6) is -3.05. The van der Waals surface area contributed by atoms with Crippen LogP contribution in [-0.4, -0.2) is 80.6 Å². The van der Waals surface area contributed by atoms with Gasteiger partial charge in [-0.1, -0.05) is 60.6 Å². The van der Waals surface area contributed by atoms with E-state index in [1.807, 2.05) is 48.5 Å². The normalized spacial score (nSPS) is 15.0. The van der Waals surface area contributed by atoms with Crippen molar-refractivity contribution in [2.75, 3.05) is 37.4 Å². The van der Waals surface area contributed by atoms with Crippen LogP contribution in [0, 0.1) is 0 Å². The maximum Gasteiger partial charge on any atom is 0.488 e. The molecule has 1 fully saturated rings. The Hall–Kier alpha value is -6.30. The molecule has 318 valence electrons. The summed E-state index contributed by atoms with van der Waals surface area (Å²) >= 11 is 0. The fraction of sp³-hybridized carbons (Fsp3) is 0.381. The van der Waals surface area contributed by atoms with Crippen LogP contribution < -0.4 is 35.5 Å². The number of carbonyl (C=O) groups is 5. The van der Waals surface area contributed by atoms with E-state index in [0.29, 0.717) is 17.8 Å². The molecule has 16 nitrogen and oxygen atoms in total. The van der Waals surface area contributed by atoms with E-state index in [-0.39, 0.29) is 42.2 Å². The third kappa shape index (κ3) is 11.5. The lowest BCUT2D eigenvalue weighted by molar-refractivity contribution is -0.137. The highest BCUT2D eigenvalue weighted by molar-refractivity contribution is 7.81. The molecule has 3 aromatic carbocycles. The molecule has 0 aliphatic carbocycles. The highest BCUT2D eigenvalue weighted by Gasteiger charge is 2.41. The zero-order valence-corrected chi connectivity index (χ0v) is 34.0. The molecule has 1 unspecified atom stereocenters. The van der Waals surface area contributed by atoms with Crippen LogP contribution in [-0.2, 0) is 31.4 Å². The second-order valence-corrected chi connectivity index (χ2v) is 15.5. The van der Waals surface area contributed by atoms with Crippen LogP contribution in [0.25, 0.3) is 10.9 Å². The van der Waals surface area contributed by atoms with Gasteiger partial charge in [0, 0.05) is 61.1 Å². The third-order valence-electron chi connectivity index (χ3n) is 10.3. The Kier molecular flexibility index (Phi) is 14.5. The molecule has 5 amide bonds. The average Bonchev–Trinajstić information content (AvgIpc) is 3.55. The van der Waals surface area contributed by atoms with E-state index in [1.54, 1.807) is 13.2 Å². The number of pyridine rings is 1. The standard InChI is InChI=1S/C42H48FN7O9S/c1-44-40(53)32-24-47-34-16-15-28(21-31(34)39(32)48-27-13-9-8-10-14-27)45-19-11-6-4-2-3-5-7-12-20-46-38(52)26-58-36-23-29(59-60(43,56)57)22-30-33(36)25-50(42(30)55)35-17-18-37(51)49-41(35)54/h8-10,13-16,21-24,35,45H,2-7,11-12,17-20,25-26H2,1H3,(H,44,53)(H,46,52)(H,47,48)(H,49,51,54). The molecule has 1 aromatic heterocycles. The summed E-state index contributed by atoms with van der Waals surface area (Å²) in [6.07, 6.45) is 9.74. The molecule has 18 heteroatoms. The molecule has 1 saturated heterocycles. The Morgan fingerprint density at radius 2 is 1.63 bits per heavy atom. The van der Waals surface area contributed by atoms with Gasteiger partial charge in [-0.25, -0.2) is 0 Å². The van der Waals surface area contributed by atoms with Crippen LogP contribution in [0.5, 0.6) is 11.5 Å². The van der Waals surface area contributed by atoms with Gasteiger partial charge in [-0.3, -0.25) is 34.3 Å². The number of carbonyl (C=O) groups excluding carboxylic acids is 5. The minimum atomic E-state index is -5.44. The van der Waals surface area contributed by atoms with E-state index in [4.69, 9.17) is 4.74 Å². The second-order valence-electron chi connectivity index (χ2n) is 14.6. The van der Waals surface area contributed by atoms with Crippen LogP contribution in [0.3, 0.4) is 0 Å². The van der Waals surface area contributed by atoms with Crippen molar-refractivity contribution < 1.29 is 45.2 Å². The van der Waals surface area contributed by atoms with Crippen molar-refractivity contribution in [1.29, 1.82) is 0 Å². The molecule has 2 aliphatic rings. The summed E-state index contributed by atoms with van der Waals surface area (Å²) in [6.45, 7) is 0.638. The SMILES string of the molecule is CNC(=O)c1cnc2ccc(NCCCCCCCCCCNC(=O)COc3cc(OS(=O)(=O)F)cc4c3CN(C3CCC(=O)NC3=O)C4=O)cc2c1Nc1ccccc1. The second kappa shape index (κ2) is 20.1. The number of anilines is 3. The van der Waals surface area contributed by atoms with Gasteiger partial charge in [0.2, 0.25) is 11.8 Å². The fourth-order valence-corrected chi connectivity index (χ4v) is 7.60. The van der Waals surface area contributed by atoms with Crippen LogP contribution in [0.15, 0.2) is 66.9 Å². The van der Waals surface area contributed by atoms with Gasteiger partial charge in [0.25, 0.3) is 17.7 Å². The van der Waals surface area contributed by atoms with E-state index < -0.39 is 52.5 Å². The van der Waals surface area contributed by atoms with E-state index >= 15 is 0 Å². The van der Waals surface area contributed by atoms with Crippen LogP contribution in [0.4, 0.5) is 20.9 Å². The number of imide groups is 1. The number of aromatic nitrogens is 1. The van der Waals surface area contributed by atoms with Crippen molar-refractivity contribution in [1.82, 2.24) is 25.8 Å². The quantitative estimate of drug-likeness (QED) is 0.0404. The highest BCUT2D eigenvalue weighted by Crippen LogP contribution is 2.38. The fourth-order valence-electron chi connectivity index (χ4n) is 7.27. The third-order valence-corrected chi connectivity index (χ3v) is 10.7. The Balaban J connectivity index is 0.878. The number of unbranched alkanes of at least 4 members (excludes halogenated alkanes) is 7. The van der Waals surface area contributed by atoms with Crippen molar-refractivity contribution in [2.24, 2.45) is 0 Å². The summed E-state index contributed by atoms with van der Waals surface area (Å²) in [4.78, 5) is 68.3. The predicted molar refractivity (Wildman–Crippen MR) is 222 cm³/mol. The first-order valence-corrected chi connectivity index (χ1v) is 21.3. The molecule has 0 saturated carbocycles. The number of nitrogens with zero attached hydrogens (tertiary/aromatic N) is 2. The maximum atomic E-state index is 13.4. The summed E-state index contributed by atoms with van der Waals surface area (Å²) in [5, 5.41) is 15.4. The monoisotopic (exact) mass is 845 g/mol. The number of hydrogen-bond donors (Lipinski definition) is 5. The number of nitrogens with one attached hydrogen (secondary N) is 5. The summed E-state index contributed by atoms with van der Waals surface area (Å²) < 4.78 is 45.8. The molecule has 3 heterocycles. The smallest absolute Gasteiger partial charge is 0.483 e. The first kappa shape index (κ1) is 43.3. The van der Waals surface area contributed by atoms with Crippen molar-refractivity contribution in [3.8, 4) is 11.5 Å². The largest absolute Gasteiger partial charge is 0.488 e. The lowest BCUT2D eigenvalue weighted by Gasteiger charge is -2.29. The molecule has 4 aromatic rings. The highest BCUT2D eigenvalue weighted by atomic mass is 32.3. The van der Waals surface area contributed by atoms with Gasteiger partial charge in [0.1, 0.15) is 17.5 Å². The van der Waals surface area contributed by atoms with Crippen LogP contribution >= 0.6 is 0 Å². The Labute approximate surface area is 347 Å². The summed E-state index contributed by atoms with van der Waals surface area (Å²) in [7, 11) is -3.84. The van der Waals surface area contributed by atoms with Crippen molar-refractivity contribution in [2.45, 2.75) is 76.8 Å². The number of amides is 5. The molecule has 0 radical (unpaired) electrons. The molecule has 1 atom stereocenters. The van der Waals surface area contributed by atoms with Gasteiger partial charge in [-0.15, -0.1) is 0 Å². The minimum absolute atomic E-state index is 0.0286. The van der Waals surface area contributed by atoms with Crippen molar-refractivity contribution >= 4 is 68.0 Å². The number of halogens is 1. The van der Waals surface area contributed by atoms with Gasteiger partial charge in [0.05, 0.1) is 28.9 Å². The van der Waals surface area contributed by atoms with E-state index in [2.05, 4.69) is 35.8 Å². The van der Waals surface area contributed by atoms with E-state index in [1.165, 1.54) is 4.90 Å². The molecule has 2 aliphatic heterocycles. The number of rotatable bonds is 21. The van der Waals surface area contributed by atoms with Gasteiger partial charge >= 0.3 is 10.5 Å². The Morgan fingerprint density at radius 1 is 0.917 bits per heavy atom. The lowest BCUT2D eigenvalue weighted by atomic mass is 10.0. The number of hydrogen-bond acceptors (Lipinski definition) is 12. The molecular weight excluding hydrogens is 798 g/mol. The Bertz CT molecular complexity index is 2350. The predicted octanol–water partition coefficient (Wildman–Crippen LogP) is 5.42.